The molecule has 8 nitrogen and oxygen atoms in total. The third kappa shape index (κ3) is 4.73. The molecule has 9 heteroatoms. The molecule has 3 heterocycles. The molecule has 0 aliphatic carbocycles. The minimum absolute atomic E-state index is 0.0154. The molecule has 4 aromatic rings. The van der Waals surface area contributed by atoms with E-state index in [1.807, 2.05) is 34.9 Å². The number of fused-ring (bicyclic) bond motifs is 3. The van der Waals surface area contributed by atoms with Crippen molar-refractivity contribution in [2.75, 3.05) is 25.4 Å². The van der Waals surface area contributed by atoms with Crippen LogP contribution in [-0.2, 0) is 16.1 Å². The predicted molar refractivity (Wildman–Crippen MR) is 137 cm³/mol. The number of amides is 2. The Labute approximate surface area is 208 Å². The highest BCUT2D eigenvalue weighted by molar-refractivity contribution is 7.99. The van der Waals surface area contributed by atoms with Crippen LogP contribution in [0.4, 0.5) is 0 Å². The summed E-state index contributed by atoms with van der Waals surface area (Å²) in [6.07, 6.45) is 0. The Kier molecular flexibility index (Phi) is 6.42. The van der Waals surface area contributed by atoms with Crippen molar-refractivity contribution in [2.45, 2.75) is 38.5 Å². The molecule has 1 fully saturated rings. The van der Waals surface area contributed by atoms with Gasteiger partial charge in [0.25, 0.3) is 0 Å². The van der Waals surface area contributed by atoms with E-state index < -0.39 is 0 Å². The number of carbonyl (C=O) groups excluding carboxylic acids is 2. The number of aryl methyl sites for hydroxylation is 1. The summed E-state index contributed by atoms with van der Waals surface area (Å²) in [4.78, 5) is 33.0. The van der Waals surface area contributed by atoms with Crippen molar-refractivity contribution < 1.29 is 9.59 Å². The summed E-state index contributed by atoms with van der Waals surface area (Å²) in [5, 5.41) is 10.4. The summed E-state index contributed by atoms with van der Waals surface area (Å²) in [6.45, 7) is 7.94. The smallest absolute Gasteiger partial charge is 0.233 e. The fourth-order valence-corrected chi connectivity index (χ4v) is 5.40. The van der Waals surface area contributed by atoms with Crippen LogP contribution in [0.2, 0.25) is 0 Å². The van der Waals surface area contributed by atoms with Gasteiger partial charge in [0.2, 0.25) is 17.0 Å². The van der Waals surface area contributed by atoms with Crippen molar-refractivity contribution in [3.8, 4) is 0 Å². The second-order valence-corrected chi connectivity index (χ2v) is 9.99. The second kappa shape index (κ2) is 9.65. The van der Waals surface area contributed by atoms with Gasteiger partial charge in [0, 0.05) is 44.5 Å². The lowest BCUT2D eigenvalue weighted by Gasteiger charge is -2.39. The zero-order valence-electron chi connectivity index (χ0n) is 20.1. The molecule has 1 unspecified atom stereocenters. The van der Waals surface area contributed by atoms with Crippen molar-refractivity contribution in [2.24, 2.45) is 0 Å². The SMILES string of the molecule is CC(=O)N1CCN(C(=O)CSc2nnc3c4cc(C)ccc4n(Cc4ccccc4)c3n2)CC1C. The standard InChI is InChI=1S/C26H28N6O2S/c1-17-9-10-22-21(13-17)24-25(32(22)15-20-7-5-4-6-8-20)27-26(29-28-24)35-16-23(34)30-11-12-31(19(3)33)18(2)14-30/h4-10,13,18H,11-12,14-16H2,1-3H3. The van der Waals surface area contributed by atoms with Gasteiger partial charge in [-0.1, -0.05) is 53.7 Å². The largest absolute Gasteiger partial charge is 0.338 e. The van der Waals surface area contributed by atoms with Crippen molar-refractivity contribution in [1.29, 1.82) is 0 Å². The van der Waals surface area contributed by atoms with Crippen LogP contribution in [0.25, 0.3) is 22.1 Å². The van der Waals surface area contributed by atoms with Crippen LogP contribution in [0.3, 0.4) is 0 Å². The van der Waals surface area contributed by atoms with E-state index >= 15 is 0 Å². The number of rotatable bonds is 5. The van der Waals surface area contributed by atoms with Crippen LogP contribution in [0.5, 0.6) is 0 Å². The van der Waals surface area contributed by atoms with Gasteiger partial charge >= 0.3 is 0 Å². The average molecular weight is 489 g/mol. The quantitative estimate of drug-likeness (QED) is 0.400. The molecule has 2 amide bonds. The summed E-state index contributed by atoms with van der Waals surface area (Å²) in [6, 6.07) is 16.6. The highest BCUT2D eigenvalue weighted by Gasteiger charge is 2.28. The molecule has 2 aromatic carbocycles. The maximum absolute atomic E-state index is 12.9. The Hall–Kier alpha value is -3.46. The van der Waals surface area contributed by atoms with E-state index in [1.165, 1.54) is 17.3 Å². The van der Waals surface area contributed by atoms with Gasteiger partial charge in [0.15, 0.2) is 5.65 Å². The van der Waals surface area contributed by atoms with E-state index in [-0.39, 0.29) is 23.6 Å². The Morgan fingerprint density at radius 2 is 1.89 bits per heavy atom. The van der Waals surface area contributed by atoms with Crippen molar-refractivity contribution >= 4 is 45.6 Å². The molecular weight excluding hydrogens is 460 g/mol. The fraction of sp³-hybridized carbons (Fsp3) is 0.346. The fourth-order valence-electron chi connectivity index (χ4n) is 4.71. The minimum Gasteiger partial charge on any atom is -0.338 e. The number of carbonyl (C=O) groups is 2. The molecule has 1 aliphatic rings. The topological polar surface area (TPSA) is 84.2 Å². The van der Waals surface area contributed by atoms with Crippen LogP contribution in [0, 0.1) is 6.92 Å². The maximum atomic E-state index is 12.9. The first kappa shape index (κ1) is 23.3. The molecule has 1 atom stereocenters. The van der Waals surface area contributed by atoms with E-state index in [4.69, 9.17) is 4.98 Å². The Morgan fingerprint density at radius 3 is 2.63 bits per heavy atom. The number of nitrogens with zero attached hydrogens (tertiary/aromatic N) is 6. The Balaban J connectivity index is 1.39. The summed E-state index contributed by atoms with van der Waals surface area (Å²) in [5.41, 5.74) is 4.93. The normalized spacial score (nSPS) is 16.3. The van der Waals surface area contributed by atoms with E-state index in [9.17, 15) is 9.59 Å². The lowest BCUT2D eigenvalue weighted by atomic mass is 10.1. The number of thioether (sulfide) groups is 1. The Bertz CT molecular complexity index is 1400. The third-order valence-corrected chi connectivity index (χ3v) is 7.32. The molecule has 180 valence electrons. The summed E-state index contributed by atoms with van der Waals surface area (Å²) in [7, 11) is 0. The summed E-state index contributed by atoms with van der Waals surface area (Å²) < 4.78 is 2.17. The minimum atomic E-state index is 0.0154. The molecule has 5 rings (SSSR count). The van der Waals surface area contributed by atoms with Crippen LogP contribution in [0.15, 0.2) is 53.7 Å². The van der Waals surface area contributed by atoms with Gasteiger partial charge < -0.3 is 14.4 Å². The van der Waals surface area contributed by atoms with Crippen molar-refractivity contribution in [1.82, 2.24) is 29.5 Å². The summed E-state index contributed by atoms with van der Waals surface area (Å²) >= 11 is 1.30. The lowest BCUT2D eigenvalue weighted by Crippen LogP contribution is -2.55. The van der Waals surface area contributed by atoms with Crippen LogP contribution in [0.1, 0.15) is 25.0 Å². The number of benzene rings is 2. The van der Waals surface area contributed by atoms with Gasteiger partial charge in [-0.3, -0.25) is 9.59 Å². The second-order valence-electron chi connectivity index (χ2n) is 9.05. The van der Waals surface area contributed by atoms with Gasteiger partial charge in [0.05, 0.1) is 11.3 Å². The Morgan fingerprint density at radius 1 is 1.09 bits per heavy atom. The van der Waals surface area contributed by atoms with Gasteiger partial charge in [0.1, 0.15) is 5.52 Å². The first-order chi connectivity index (χ1) is 16.9. The van der Waals surface area contributed by atoms with Crippen molar-refractivity contribution in [3.05, 3.63) is 59.7 Å². The monoisotopic (exact) mass is 488 g/mol. The molecule has 1 aliphatic heterocycles. The number of hydrogen-bond acceptors (Lipinski definition) is 6. The number of aromatic nitrogens is 4. The van der Waals surface area contributed by atoms with Gasteiger partial charge in [-0.15, -0.1) is 10.2 Å². The predicted octanol–water partition coefficient (Wildman–Crippen LogP) is 3.51. The van der Waals surface area contributed by atoms with E-state index in [0.29, 0.717) is 31.3 Å². The lowest BCUT2D eigenvalue weighted by molar-refractivity contribution is -0.139. The van der Waals surface area contributed by atoms with Gasteiger partial charge in [-0.2, -0.15) is 0 Å². The van der Waals surface area contributed by atoms with E-state index in [1.54, 1.807) is 6.92 Å². The van der Waals surface area contributed by atoms with Gasteiger partial charge in [-0.25, -0.2) is 4.98 Å². The number of piperazine rings is 1. The van der Waals surface area contributed by atoms with E-state index in [2.05, 4.69) is 52.0 Å². The molecule has 1 saturated heterocycles. The molecule has 35 heavy (non-hydrogen) atoms. The molecule has 2 aromatic heterocycles. The van der Waals surface area contributed by atoms with Crippen LogP contribution < -0.4 is 0 Å². The third-order valence-electron chi connectivity index (χ3n) is 6.50. The van der Waals surface area contributed by atoms with Crippen molar-refractivity contribution in [3.63, 3.8) is 0 Å². The van der Waals surface area contributed by atoms with Crippen LogP contribution in [-0.4, -0.2) is 72.8 Å². The number of hydrogen-bond donors (Lipinski definition) is 0. The molecular formula is C26H28N6O2S. The first-order valence-electron chi connectivity index (χ1n) is 11.8. The molecule has 0 bridgehead atoms. The average Bonchev–Trinajstić information content (AvgIpc) is 3.14. The molecule has 0 N–H and O–H groups in total. The molecule has 0 saturated carbocycles. The highest BCUT2D eigenvalue weighted by Crippen LogP contribution is 2.29. The molecule has 0 spiro atoms. The summed E-state index contributed by atoms with van der Waals surface area (Å²) in [5.74, 6) is 0.305. The highest BCUT2D eigenvalue weighted by atomic mass is 32.2. The van der Waals surface area contributed by atoms with Gasteiger partial charge in [-0.05, 0) is 31.5 Å². The maximum Gasteiger partial charge on any atom is 0.233 e. The van der Waals surface area contributed by atoms with E-state index in [0.717, 1.165) is 27.6 Å². The zero-order chi connectivity index (χ0) is 24.5. The zero-order valence-corrected chi connectivity index (χ0v) is 21.0. The van der Waals surface area contributed by atoms with Crippen LogP contribution >= 0.6 is 11.8 Å². The molecule has 0 radical (unpaired) electrons. The first-order valence-corrected chi connectivity index (χ1v) is 12.7.